The minimum Gasteiger partial charge on any atom is -0.342 e. The van der Waals surface area contributed by atoms with Gasteiger partial charge in [0.05, 0.1) is 5.54 Å². The minimum absolute atomic E-state index is 0.0167. The zero-order valence-corrected chi connectivity index (χ0v) is 10.1. The molecule has 2 heteroatoms. The number of rotatable bonds is 0. The minimum atomic E-state index is 0.0167. The molecule has 0 saturated heterocycles. The van der Waals surface area contributed by atoms with Crippen molar-refractivity contribution in [1.29, 1.82) is 0 Å². The Morgan fingerprint density at radius 2 is 1.94 bits per heavy atom. The molecular formula is C14H17NO. The fraction of sp³-hybridized carbons (Fsp3) is 0.500. The molecule has 1 aromatic rings. The van der Waals surface area contributed by atoms with Crippen molar-refractivity contribution in [2.75, 3.05) is 0 Å². The van der Waals surface area contributed by atoms with Gasteiger partial charge in [0.2, 0.25) is 0 Å². The zero-order valence-electron chi connectivity index (χ0n) is 10.1. The maximum atomic E-state index is 11.9. The summed E-state index contributed by atoms with van der Waals surface area (Å²) in [6.07, 6.45) is 2.20. The number of benzene rings is 1. The van der Waals surface area contributed by atoms with Gasteiger partial charge in [0.1, 0.15) is 0 Å². The average Bonchev–Trinajstić information content (AvgIpc) is 2.90. The third-order valence-corrected chi connectivity index (χ3v) is 3.75. The van der Waals surface area contributed by atoms with Crippen LogP contribution < -0.4 is 5.32 Å². The topological polar surface area (TPSA) is 29.1 Å². The van der Waals surface area contributed by atoms with Crippen molar-refractivity contribution in [3.05, 3.63) is 34.9 Å². The first kappa shape index (κ1) is 9.88. The molecule has 84 valence electrons. The highest BCUT2D eigenvalue weighted by atomic mass is 16.2. The first-order chi connectivity index (χ1) is 7.42. The summed E-state index contributed by atoms with van der Waals surface area (Å²) in [5.74, 6) is 0.110. The number of nitrogens with one attached hydrogen (secondary N) is 1. The van der Waals surface area contributed by atoms with Gasteiger partial charge in [-0.05, 0) is 35.4 Å². The summed E-state index contributed by atoms with van der Waals surface area (Å²) in [5, 5.41) is 3.11. The molecule has 1 aliphatic carbocycles. The third-order valence-electron chi connectivity index (χ3n) is 3.75. The number of fused-ring (bicyclic) bond motifs is 2. The molecule has 1 heterocycles. The summed E-state index contributed by atoms with van der Waals surface area (Å²) in [5.41, 5.74) is 3.46. The van der Waals surface area contributed by atoms with E-state index in [1.165, 1.54) is 11.1 Å². The van der Waals surface area contributed by atoms with Crippen molar-refractivity contribution in [3.63, 3.8) is 0 Å². The second-order valence-corrected chi connectivity index (χ2v) is 6.05. The van der Waals surface area contributed by atoms with Crippen LogP contribution in [0.15, 0.2) is 18.2 Å². The average molecular weight is 215 g/mol. The van der Waals surface area contributed by atoms with E-state index >= 15 is 0 Å². The molecule has 0 atom stereocenters. The van der Waals surface area contributed by atoms with Gasteiger partial charge in [-0.25, -0.2) is 0 Å². The smallest absolute Gasteiger partial charge is 0.252 e. The number of carbonyl (C=O) groups is 1. The van der Waals surface area contributed by atoms with E-state index in [9.17, 15) is 4.79 Å². The fourth-order valence-corrected chi connectivity index (χ4v) is 2.49. The van der Waals surface area contributed by atoms with Crippen LogP contribution in [0, 0.1) is 0 Å². The molecule has 1 N–H and O–H groups in total. The fourth-order valence-electron chi connectivity index (χ4n) is 2.49. The van der Waals surface area contributed by atoms with Crippen molar-refractivity contribution < 1.29 is 4.79 Å². The summed E-state index contributed by atoms with van der Waals surface area (Å²) in [4.78, 5) is 11.9. The lowest BCUT2D eigenvalue weighted by Gasteiger charge is -2.19. The molecule has 1 spiro atoms. The highest BCUT2D eigenvalue weighted by molar-refractivity contribution is 6.00. The Kier molecular flexibility index (Phi) is 1.65. The molecule has 3 rings (SSSR count). The van der Waals surface area contributed by atoms with Crippen LogP contribution in [0.5, 0.6) is 0 Å². The normalized spacial score (nSPS) is 20.8. The molecule has 1 aromatic carbocycles. The Hall–Kier alpha value is -1.31. The van der Waals surface area contributed by atoms with Crippen LogP contribution >= 0.6 is 0 Å². The summed E-state index contributed by atoms with van der Waals surface area (Å²) in [7, 11) is 0. The summed E-state index contributed by atoms with van der Waals surface area (Å²) >= 11 is 0. The van der Waals surface area contributed by atoms with Gasteiger partial charge >= 0.3 is 0 Å². The first-order valence-electron chi connectivity index (χ1n) is 5.90. The van der Waals surface area contributed by atoms with Gasteiger partial charge in [0.15, 0.2) is 0 Å². The second-order valence-electron chi connectivity index (χ2n) is 6.05. The van der Waals surface area contributed by atoms with Crippen molar-refractivity contribution in [1.82, 2.24) is 5.32 Å². The number of hydrogen-bond donors (Lipinski definition) is 1. The molecule has 16 heavy (non-hydrogen) atoms. The Labute approximate surface area is 96.1 Å². The summed E-state index contributed by atoms with van der Waals surface area (Å²) in [6.45, 7) is 6.53. The van der Waals surface area contributed by atoms with Gasteiger partial charge in [-0.15, -0.1) is 0 Å². The highest BCUT2D eigenvalue weighted by Gasteiger charge is 2.52. The summed E-state index contributed by atoms with van der Waals surface area (Å²) < 4.78 is 0. The third kappa shape index (κ3) is 1.22. The number of carbonyl (C=O) groups excluding carboxylic acids is 1. The molecule has 1 amide bonds. The van der Waals surface area contributed by atoms with Crippen molar-refractivity contribution in [3.8, 4) is 0 Å². The molecule has 1 aliphatic heterocycles. The van der Waals surface area contributed by atoms with Crippen LogP contribution in [0.4, 0.5) is 0 Å². The molecular weight excluding hydrogens is 198 g/mol. The molecule has 1 fully saturated rings. The molecule has 2 aliphatic rings. The van der Waals surface area contributed by atoms with Crippen LogP contribution in [0.25, 0.3) is 0 Å². The van der Waals surface area contributed by atoms with Crippen LogP contribution in [-0.2, 0) is 11.0 Å². The van der Waals surface area contributed by atoms with E-state index in [0.29, 0.717) is 0 Å². The van der Waals surface area contributed by atoms with Crippen molar-refractivity contribution in [2.24, 2.45) is 0 Å². The van der Waals surface area contributed by atoms with Gasteiger partial charge in [0.25, 0.3) is 5.91 Å². The van der Waals surface area contributed by atoms with Gasteiger partial charge in [-0.3, -0.25) is 4.79 Å². The quantitative estimate of drug-likeness (QED) is 0.708. The van der Waals surface area contributed by atoms with Crippen molar-refractivity contribution in [2.45, 2.75) is 44.6 Å². The van der Waals surface area contributed by atoms with Crippen LogP contribution in [-0.4, -0.2) is 5.91 Å². The van der Waals surface area contributed by atoms with E-state index in [1.807, 2.05) is 0 Å². The van der Waals surface area contributed by atoms with E-state index in [-0.39, 0.29) is 16.9 Å². The van der Waals surface area contributed by atoms with Gasteiger partial charge in [-0.1, -0.05) is 32.9 Å². The van der Waals surface area contributed by atoms with Crippen LogP contribution in [0.3, 0.4) is 0 Å². The Bertz CT molecular complexity index is 478. The lowest BCUT2D eigenvalue weighted by atomic mass is 9.85. The maximum Gasteiger partial charge on any atom is 0.252 e. The maximum absolute atomic E-state index is 11.9. The van der Waals surface area contributed by atoms with E-state index in [0.717, 1.165) is 18.4 Å². The Morgan fingerprint density at radius 1 is 1.25 bits per heavy atom. The molecule has 1 saturated carbocycles. The predicted molar refractivity (Wildman–Crippen MR) is 63.5 cm³/mol. The van der Waals surface area contributed by atoms with E-state index in [1.54, 1.807) is 0 Å². The van der Waals surface area contributed by atoms with Crippen molar-refractivity contribution >= 4 is 5.91 Å². The predicted octanol–water partition coefficient (Wildman–Crippen LogP) is 2.72. The second kappa shape index (κ2) is 2.68. The molecule has 0 bridgehead atoms. The van der Waals surface area contributed by atoms with Gasteiger partial charge < -0.3 is 5.32 Å². The highest BCUT2D eigenvalue weighted by Crippen LogP contribution is 2.50. The lowest BCUT2D eigenvalue weighted by Crippen LogP contribution is -2.25. The number of amides is 1. The van der Waals surface area contributed by atoms with E-state index < -0.39 is 0 Å². The molecule has 2 nitrogen and oxygen atoms in total. The Morgan fingerprint density at radius 3 is 2.50 bits per heavy atom. The Balaban J connectivity index is 2.13. The number of hydrogen-bond acceptors (Lipinski definition) is 1. The first-order valence-corrected chi connectivity index (χ1v) is 5.90. The lowest BCUT2D eigenvalue weighted by molar-refractivity contribution is 0.0952. The van der Waals surface area contributed by atoms with Crippen LogP contribution in [0.1, 0.15) is 55.1 Å². The van der Waals surface area contributed by atoms with Gasteiger partial charge in [-0.2, -0.15) is 0 Å². The van der Waals surface area contributed by atoms with E-state index in [2.05, 4.69) is 44.3 Å². The molecule has 0 aromatic heterocycles. The molecule has 0 unspecified atom stereocenters. The van der Waals surface area contributed by atoms with Gasteiger partial charge in [0, 0.05) is 5.56 Å². The van der Waals surface area contributed by atoms with Crippen LogP contribution in [0.2, 0.25) is 0 Å². The summed E-state index contributed by atoms with van der Waals surface area (Å²) in [6, 6.07) is 6.37. The standard InChI is InChI=1S/C14H17NO/c1-13(2,3)9-4-5-11-10(8-9)12(16)15-14(11)6-7-14/h4-5,8H,6-7H2,1-3H3,(H,15,16). The largest absolute Gasteiger partial charge is 0.342 e. The zero-order chi connectivity index (χ0) is 11.6. The molecule has 0 radical (unpaired) electrons. The monoisotopic (exact) mass is 215 g/mol. The van der Waals surface area contributed by atoms with E-state index in [4.69, 9.17) is 0 Å². The SMILES string of the molecule is CC(C)(C)c1ccc2c(c1)C(=O)NC21CC1.